The Bertz CT molecular complexity index is 2010. The minimum absolute atomic E-state index is 0. The molecule has 262 valence electrons. The van der Waals surface area contributed by atoms with Gasteiger partial charge in [0.2, 0.25) is 16.9 Å². The lowest BCUT2D eigenvalue weighted by Crippen LogP contribution is -2.66. The number of carbonyl (C=O) groups excluding carboxylic acids is 4. The number of carboxylic acids is 1. The molecule has 2 aromatic heterocycles. The van der Waals surface area contributed by atoms with E-state index in [0.717, 1.165) is 37.4 Å². The van der Waals surface area contributed by atoms with Gasteiger partial charge in [0, 0.05) is 41.9 Å². The molecule has 0 unspecified atom stereocenters. The first-order valence-electron chi connectivity index (χ1n) is 13.5. The zero-order valence-electron chi connectivity index (χ0n) is 25.4. The third-order valence-corrected chi connectivity index (χ3v) is 8.48. The minimum Gasteiger partial charge on any atom is -0.503 e. The van der Waals surface area contributed by atoms with Crippen LogP contribution in [-0.4, -0.2) is 96.3 Å². The molecule has 0 saturated carbocycles. The molecule has 3 amide bonds. The molecular weight excluding hydrogens is 694 g/mol. The second-order valence-corrected chi connectivity index (χ2v) is 12.9. The van der Waals surface area contributed by atoms with E-state index in [2.05, 4.69) is 25.8 Å². The third kappa shape index (κ3) is 8.61. The van der Waals surface area contributed by atoms with Gasteiger partial charge in [-0.15, -0.1) is 11.3 Å². The second-order valence-electron chi connectivity index (χ2n) is 10.7. The number of H-pyrrole nitrogens is 1. The number of ketones is 1. The Hall–Kier alpha value is -5.71. The fraction of sp³-hybridized carbons (Fsp3) is 0.259. The average molecular weight is 724 g/mol. The number of nitrogens with zero attached hydrogens (tertiary/aromatic N) is 3. The van der Waals surface area contributed by atoms with Crippen LogP contribution in [-0.2, 0) is 29.5 Å². The lowest BCUT2D eigenvalue weighted by atomic mass is 9.84. The predicted molar refractivity (Wildman–Crippen MR) is 170 cm³/mol. The van der Waals surface area contributed by atoms with E-state index in [9.17, 15) is 52.0 Å². The van der Waals surface area contributed by atoms with Crippen molar-refractivity contribution in [3.05, 3.63) is 69.1 Å². The molecule has 49 heavy (non-hydrogen) atoms. The number of nitrogens with two attached hydrogens (primary N) is 1. The van der Waals surface area contributed by atoms with Gasteiger partial charge in [-0.05, 0) is 32.0 Å². The third-order valence-electron chi connectivity index (χ3n) is 6.85. The quantitative estimate of drug-likeness (QED) is 0.0489. The number of anilines is 2. The van der Waals surface area contributed by atoms with Crippen LogP contribution < -0.4 is 21.8 Å². The lowest BCUT2D eigenvalue weighted by molar-refractivity contribution is -0.161. The Morgan fingerprint density at radius 3 is 2.47 bits per heavy atom. The summed E-state index contributed by atoms with van der Waals surface area (Å²) in [5.41, 5.74) is 2.27. The van der Waals surface area contributed by atoms with Gasteiger partial charge in [0.15, 0.2) is 22.4 Å². The molecule has 10 N–H and O–H groups in total. The summed E-state index contributed by atoms with van der Waals surface area (Å²) in [4.78, 5) is 86.2. The first-order chi connectivity index (χ1) is 22.4. The molecule has 1 fully saturated rings. The lowest BCUT2D eigenvalue weighted by Gasteiger charge is -2.44. The van der Waals surface area contributed by atoms with Crippen molar-refractivity contribution in [2.45, 2.75) is 31.9 Å². The van der Waals surface area contributed by atoms with Crippen molar-refractivity contribution in [1.29, 1.82) is 0 Å². The maximum absolute atomic E-state index is 13.3. The summed E-state index contributed by atoms with van der Waals surface area (Å²) in [6.07, 6.45) is 0.221. The number of hydrogen-bond acceptors (Lipinski definition) is 14. The van der Waals surface area contributed by atoms with Gasteiger partial charge in [0.25, 0.3) is 11.8 Å². The number of aliphatic carboxylic acids is 1. The highest BCUT2D eigenvalue weighted by atomic mass is 32.2. The normalized spacial score (nSPS) is 16.2. The number of benzene rings is 1. The topological polar surface area (TPSA) is 332 Å². The van der Waals surface area contributed by atoms with Crippen LogP contribution in [0.1, 0.15) is 46.8 Å². The Morgan fingerprint density at radius 1 is 1.18 bits per heavy atom. The maximum Gasteiger partial charge on any atom is 0.362 e. The molecule has 1 saturated heterocycles. The summed E-state index contributed by atoms with van der Waals surface area (Å²) in [5, 5.41) is 28.6. The zero-order chi connectivity index (χ0) is 35.6. The molecule has 1 aromatic carbocycles. The van der Waals surface area contributed by atoms with E-state index >= 15 is 0 Å². The molecule has 4 rings (SSSR count). The Kier molecular flexibility index (Phi) is 11.2. The van der Waals surface area contributed by atoms with Gasteiger partial charge in [0.05, 0.1) is 12.0 Å². The monoisotopic (exact) mass is 723 g/mol. The molecule has 0 spiro atoms. The number of Topliss-reactive ketones (excluding diaryl/α,β-unsaturated/α-hetero) is 1. The highest BCUT2D eigenvalue weighted by Crippen LogP contribution is 2.32. The number of carboxylic acid groups (broad SMARTS) is 1. The van der Waals surface area contributed by atoms with Crippen molar-refractivity contribution in [2.75, 3.05) is 17.6 Å². The van der Waals surface area contributed by atoms with Crippen molar-refractivity contribution in [1.82, 2.24) is 19.6 Å². The van der Waals surface area contributed by atoms with Crippen molar-refractivity contribution in [3.8, 4) is 5.75 Å². The number of aromatic amines is 1. The number of nitrogen functional groups attached to an aromatic ring is 1. The Balaban J connectivity index is 0.00000650. The second kappa shape index (κ2) is 14.6. The van der Waals surface area contributed by atoms with E-state index < -0.39 is 87.2 Å². The van der Waals surface area contributed by atoms with E-state index in [1.165, 1.54) is 29.6 Å². The van der Waals surface area contributed by atoms with Gasteiger partial charge in [-0.25, -0.2) is 14.1 Å². The molecule has 3 heterocycles. The summed E-state index contributed by atoms with van der Waals surface area (Å²) < 4.78 is 33.7. The molecule has 3 aromatic rings. The van der Waals surface area contributed by atoms with Gasteiger partial charge in [-0.2, -0.15) is 8.42 Å². The number of aromatic nitrogens is 2. The summed E-state index contributed by atoms with van der Waals surface area (Å²) in [6.45, 7) is 1.76. The highest BCUT2D eigenvalue weighted by molar-refractivity contribution is 7.84. The number of rotatable bonds is 13. The molecule has 1 aliphatic rings. The van der Waals surface area contributed by atoms with Crippen LogP contribution in [0.4, 0.5) is 10.8 Å². The van der Waals surface area contributed by atoms with Crippen LogP contribution in [0.5, 0.6) is 5.75 Å². The fourth-order valence-electron chi connectivity index (χ4n) is 4.27. The number of aromatic hydroxyl groups is 1. The largest absolute Gasteiger partial charge is 0.503 e. The number of nitrogens with one attached hydrogen (secondary N) is 3. The number of carbonyl (C=O) groups is 5. The summed E-state index contributed by atoms with van der Waals surface area (Å²) >= 11 is 0.927. The summed E-state index contributed by atoms with van der Waals surface area (Å²) in [5.74, 6) is -7.04. The first-order valence-corrected chi connectivity index (χ1v) is 15.8. The van der Waals surface area contributed by atoms with Crippen LogP contribution in [0.15, 0.2) is 51.9 Å². The molecule has 1 aliphatic heterocycles. The molecule has 22 heteroatoms. The van der Waals surface area contributed by atoms with Crippen molar-refractivity contribution >= 4 is 67.6 Å². The van der Waals surface area contributed by atoms with Crippen LogP contribution in [0.3, 0.4) is 0 Å². The van der Waals surface area contributed by atoms with Crippen molar-refractivity contribution in [2.24, 2.45) is 11.1 Å². The van der Waals surface area contributed by atoms with Gasteiger partial charge in [0.1, 0.15) is 11.4 Å². The van der Waals surface area contributed by atoms with E-state index in [0.29, 0.717) is 0 Å². The van der Waals surface area contributed by atoms with E-state index in [1.54, 1.807) is 0 Å². The number of hydrogen-bond donors (Lipinski definition) is 7. The van der Waals surface area contributed by atoms with Gasteiger partial charge in [-0.3, -0.25) is 28.5 Å². The standard InChI is InChI=1S/C27H27N7O12S2.H2O/c1-27(2,25(41)42)46-33-21(16-11-47-26(28)32-16)19(36)7-14-17(34(24(14)40)48(43,44)45)9-30-22(38)12-4-3-5-13(6-12)31-23(39)15-8-18(35)20(37)10-29-15;/h3-6,8,10-11,14,17,37H,7,9H2,1-2H3,(H2,28,32)(H,29,35)(H,30,38)(H,31,39)(H,41,42)(H,43,44,45);1H2/b33-21-;/t14-,17+;/m0./s1. The predicted octanol–water partition coefficient (Wildman–Crippen LogP) is -0.850. The minimum atomic E-state index is -5.12. The molecule has 20 nitrogen and oxygen atoms in total. The van der Waals surface area contributed by atoms with Gasteiger partial charge in [-0.1, -0.05) is 11.2 Å². The summed E-state index contributed by atoms with van der Waals surface area (Å²) in [7, 11) is -5.12. The van der Waals surface area contributed by atoms with Crippen LogP contribution in [0, 0.1) is 5.92 Å². The van der Waals surface area contributed by atoms with E-state index in [1.807, 2.05) is 0 Å². The maximum atomic E-state index is 13.3. The van der Waals surface area contributed by atoms with Gasteiger partial charge < -0.3 is 41.9 Å². The zero-order valence-corrected chi connectivity index (χ0v) is 27.0. The Morgan fingerprint density at radius 2 is 1.88 bits per heavy atom. The van der Waals surface area contributed by atoms with E-state index in [4.69, 9.17) is 10.6 Å². The SMILES string of the molecule is CC(C)(O/N=C(\C(=O)C[C@@H]1C(=O)N(S(=O)(=O)O)[C@@H]1CNC(=O)c1cccc(NC(=O)c2cc(=O)c(O)c[nH]2)c1)c1csc(N)n1)C(=O)O.O. The van der Waals surface area contributed by atoms with Crippen LogP contribution in [0.2, 0.25) is 0 Å². The number of thiazole rings is 1. The molecule has 0 aliphatic carbocycles. The van der Waals surface area contributed by atoms with E-state index in [-0.39, 0.29) is 37.6 Å². The molecular formula is C27H29N7O13S2. The molecule has 0 radical (unpaired) electrons. The smallest absolute Gasteiger partial charge is 0.362 e. The number of β-lactam (4-membered cyclic amide) rings is 1. The number of amides is 3. The molecule has 2 atom stereocenters. The van der Waals surface area contributed by atoms with Crippen LogP contribution in [0.25, 0.3) is 0 Å². The van der Waals surface area contributed by atoms with Crippen molar-refractivity contribution in [3.63, 3.8) is 0 Å². The average Bonchev–Trinajstić information content (AvgIpc) is 3.43. The van der Waals surface area contributed by atoms with Gasteiger partial charge >= 0.3 is 16.3 Å². The Labute approximate surface area is 279 Å². The number of oxime groups is 1. The van der Waals surface area contributed by atoms with Crippen LogP contribution >= 0.6 is 11.3 Å². The highest BCUT2D eigenvalue weighted by Gasteiger charge is 2.54. The summed E-state index contributed by atoms with van der Waals surface area (Å²) in [6, 6.07) is 4.86. The first kappa shape index (κ1) is 37.7. The number of pyridine rings is 1. The fourth-order valence-corrected chi connectivity index (χ4v) is 5.74. The molecule has 0 bridgehead atoms. The van der Waals surface area contributed by atoms with Crippen molar-refractivity contribution < 1.29 is 57.5 Å².